The van der Waals surface area contributed by atoms with Crippen molar-refractivity contribution in [1.29, 1.82) is 0 Å². The number of morpholine rings is 1. The second-order valence-electron chi connectivity index (χ2n) is 5.90. The van der Waals surface area contributed by atoms with Crippen molar-refractivity contribution in [2.45, 2.75) is 18.6 Å². The van der Waals surface area contributed by atoms with Gasteiger partial charge in [0.15, 0.2) is 0 Å². The van der Waals surface area contributed by atoms with Crippen LogP contribution in [0, 0.1) is 5.82 Å². The molecule has 126 valence electrons. The summed E-state index contributed by atoms with van der Waals surface area (Å²) in [5.74, 6) is -0.758. The molecule has 0 radical (unpaired) electrons. The number of nitrogens with zero attached hydrogens (tertiary/aromatic N) is 2. The molecule has 0 bridgehead atoms. The van der Waals surface area contributed by atoms with Crippen LogP contribution in [0.4, 0.5) is 4.39 Å². The van der Waals surface area contributed by atoms with E-state index in [1.165, 1.54) is 28.8 Å². The molecule has 2 heterocycles. The van der Waals surface area contributed by atoms with Crippen LogP contribution >= 0.6 is 0 Å². The number of amides is 1. The second kappa shape index (κ2) is 6.18. The summed E-state index contributed by atoms with van der Waals surface area (Å²) in [6, 6.07) is 5.14. The molecule has 2 aliphatic heterocycles. The zero-order valence-corrected chi connectivity index (χ0v) is 13.6. The van der Waals surface area contributed by atoms with E-state index in [1.807, 2.05) is 0 Å². The maximum absolute atomic E-state index is 13.3. The van der Waals surface area contributed by atoms with Crippen LogP contribution in [0.3, 0.4) is 0 Å². The van der Waals surface area contributed by atoms with Crippen molar-refractivity contribution in [2.24, 2.45) is 0 Å². The molecule has 0 aliphatic carbocycles. The maximum atomic E-state index is 13.3. The molecule has 1 aromatic rings. The van der Waals surface area contributed by atoms with Gasteiger partial charge in [-0.25, -0.2) is 12.8 Å². The van der Waals surface area contributed by atoms with E-state index in [0.29, 0.717) is 26.1 Å². The molecule has 2 atom stereocenters. The van der Waals surface area contributed by atoms with Gasteiger partial charge in [-0.2, -0.15) is 4.31 Å². The second-order valence-corrected chi connectivity index (χ2v) is 7.84. The summed E-state index contributed by atoms with van der Waals surface area (Å²) in [6.07, 6.45) is 1.54. The van der Waals surface area contributed by atoms with Gasteiger partial charge in [-0.1, -0.05) is 6.07 Å². The van der Waals surface area contributed by atoms with Crippen LogP contribution in [-0.2, 0) is 14.8 Å². The van der Waals surface area contributed by atoms with Gasteiger partial charge in [0.1, 0.15) is 5.82 Å². The molecule has 0 saturated carbocycles. The molecule has 1 amide bonds. The topological polar surface area (TPSA) is 66.9 Å². The van der Waals surface area contributed by atoms with Crippen molar-refractivity contribution in [2.75, 3.05) is 32.5 Å². The third kappa shape index (κ3) is 3.39. The fourth-order valence-corrected chi connectivity index (χ4v) is 4.34. The van der Waals surface area contributed by atoms with E-state index in [2.05, 4.69) is 0 Å². The highest BCUT2D eigenvalue weighted by molar-refractivity contribution is 7.88. The van der Waals surface area contributed by atoms with Crippen molar-refractivity contribution in [3.8, 4) is 0 Å². The first kappa shape index (κ1) is 16.4. The van der Waals surface area contributed by atoms with Crippen LogP contribution in [0.15, 0.2) is 24.3 Å². The van der Waals surface area contributed by atoms with E-state index in [9.17, 15) is 17.6 Å². The van der Waals surface area contributed by atoms with Crippen LogP contribution in [0.25, 0.3) is 0 Å². The molecule has 2 aliphatic rings. The first-order chi connectivity index (χ1) is 10.9. The number of likely N-dealkylation sites (tertiary alicyclic amines) is 1. The van der Waals surface area contributed by atoms with Gasteiger partial charge in [0.25, 0.3) is 5.91 Å². The zero-order chi connectivity index (χ0) is 16.6. The fraction of sp³-hybridized carbons (Fsp3) is 0.533. The third-order valence-electron chi connectivity index (χ3n) is 4.32. The van der Waals surface area contributed by atoms with E-state index in [1.54, 1.807) is 11.0 Å². The molecule has 23 heavy (non-hydrogen) atoms. The Morgan fingerprint density at radius 1 is 1.35 bits per heavy atom. The number of halogens is 1. The minimum atomic E-state index is -3.36. The number of rotatable bonds is 2. The SMILES string of the molecule is CS(=O)(=O)N1CCO[C@H]2CCN(C(=O)c3cccc(F)c3)C[C@@H]21. The van der Waals surface area contributed by atoms with Gasteiger partial charge >= 0.3 is 0 Å². The standard InChI is InChI=1S/C15H19FN2O4S/c1-23(20,21)18-7-8-22-14-5-6-17(10-13(14)18)15(19)11-3-2-4-12(16)9-11/h2-4,9,13-14H,5-8,10H2,1H3/t13-,14-/m0/s1. The van der Waals surface area contributed by atoms with E-state index in [4.69, 9.17) is 4.74 Å². The summed E-state index contributed by atoms with van der Waals surface area (Å²) in [7, 11) is -3.36. The molecule has 1 aromatic carbocycles. The molecule has 2 saturated heterocycles. The average Bonchev–Trinajstić information content (AvgIpc) is 2.52. The van der Waals surface area contributed by atoms with Crippen LogP contribution in [0.5, 0.6) is 0 Å². The molecule has 0 N–H and O–H groups in total. The number of benzene rings is 1. The molecule has 3 rings (SSSR count). The summed E-state index contributed by atoms with van der Waals surface area (Å²) < 4.78 is 44.3. The number of carbonyl (C=O) groups excluding carboxylic acids is 1. The highest BCUT2D eigenvalue weighted by Gasteiger charge is 2.42. The first-order valence-electron chi connectivity index (χ1n) is 7.49. The van der Waals surface area contributed by atoms with Crippen LogP contribution in [0.2, 0.25) is 0 Å². The zero-order valence-electron chi connectivity index (χ0n) is 12.8. The summed E-state index contributed by atoms with van der Waals surface area (Å²) in [4.78, 5) is 14.1. The Morgan fingerprint density at radius 2 is 2.13 bits per heavy atom. The van der Waals surface area contributed by atoms with Crippen molar-refractivity contribution in [3.63, 3.8) is 0 Å². The number of piperidine rings is 1. The summed E-state index contributed by atoms with van der Waals surface area (Å²) in [5.41, 5.74) is 0.270. The Morgan fingerprint density at radius 3 is 2.83 bits per heavy atom. The largest absolute Gasteiger partial charge is 0.375 e. The first-order valence-corrected chi connectivity index (χ1v) is 9.34. The fourth-order valence-electron chi connectivity index (χ4n) is 3.24. The third-order valence-corrected chi connectivity index (χ3v) is 5.62. The van der Waals surface area contributed by atoms with Gasteiger partial charge in [-0.05, 0) is 24.6 Å². The number of sulfonamides is 1. The normalized spacial score (nSPS) is 25.9. The van der Waals surface area contributed by atoms with Gasteiger partial charge in [0, 0.05) is 25.2 Å². The number of hydrogen-bond acceptors (Lipinski definition) is 4. The highest BCUT2D eigenvalue weighted by atomic mass is 32.2. The van der Waals surface area contributed by atoms with Gasteiger partial charge in [0.05, 0.1) is 25.0 Å². The number of hydrogen-bond donors (Lipinski definition) is 0. The minimum absolute atomic E-state index is 0.199. The smallest absolute Gasteiger partial charge is 0.254 e. The van der Waals surface area contributed by atoms with Crippen LogP contribution < -0.4 is 0 Å². The molecular weight excluding hydrogens is 323 g/mol. The van der Waals surface area contributed by atoms with Gasteiger partial charge in [0.2, 0.25) is 10.0 Å². The van der Waals surface area contributed by atoms with Gasteiger partial charge in [-0.3, -0.25) is 4.79 Å². The van der Waals surface area contributed by atoms with Crippen LogP contribution in [0.1, 0.15) is 16.8 Å². The molecule has 0 spiro atoms. The van der Waals surface area contributed by atoms with Gasteiger partial charge in [-0.15, -0.1) is 0 Å². The van der Waals surface area contributed by atoms with E-state index < -0.39 is 15.8 Å². The van der Waals surface area contributed by atoms with Crippen LogP contribution in [-0.4, -0.2) is 68.2 Å². The Hall–Kier alpha value is -1.51. The van der Waals surface area contributed by atoms with Crippen molar-refractivity contribution >= 4 is 15.9 Å². The van der Waals surface area contributed by atoms with Gasteiger partial charge < -0.3 is 9.64 Å². The molecular formula is C15H19FN2O4S. The Labute approximate surface area is 134 Å². The predicted molar refractivity (Wildman–Crippen MR) is 82.0 cm³/mol. The summed E-state index contributed by atoms with van der Waals surface area (Å²) in [6.45, 7) is 1.38. The summed E-state index contributed by atoms with van der Waals surface area (Å²) in [5, 5.41) is 0. The van der Waals surface area contributed by atoms with Crippen molar-refractivity contribution in [3.05, 3.63) is 35.6 Å². The lowest BCUT2D eigenvalue weighted by Gasteiger charge is -2.45. The minimum Gasteiger partial charge on any atom is -0.375 e. The van der Waals surface area contributed by atoms with Crippen molar-refractivity contribution in [1.82, 2.24) is 9.21 Å². The monoisotopic (exact) mass is 342 g/mol. The lowest BCUT2D eigenvalue weighted by Crippen LogP contribution is -2.61. The number of fused-ring (bicyclic) bond motifs is 1. The number of carbonyl (C=O) groups is 1. The van der Waals surface area contributed by atoms with E-state index in [-0.39, 0.29) is 30.2 Å². The van der Waals surface area contributed by atoms with E-state index in [0.717, 1.165) is 0 Å². The van der Waals surface area contributed by atoms with E-state index >= 15 is 0 Å². The molecule has 6 nitrogen and oxygen atoms in total. The Bertz CT molecular complexity index is 709. The average molecular weight is 342 g/mol. The molecule has 8 heteroatoms. The quantitative estimate of drug-likeness (QED) is 0.794. The Balaban J connectivity index is 1.80. The maximum Gasteiger partial charge on any atom is 0.254 e. The molecule has 2 fully saturated rings. The number of ether oxygens (including phenoxy) is 1. The Kier molecular flexibility index (Phi) is 4.39. The predicted octanol–water partition coefficient (Wildman–Crippen LogP) is 0.701. The summed E-state index contributed by atoms with van der Waals surface area (Å²) >= 11 is 0. The lowest BCUT2D eigenvalue weighted by molar-refractivity contribution is -0.0704. The highest BCUT2D eigenvalue weighted by Crippen LogP contribution is 2.26. The van der Waals surface area contributed by atoms with Crippen molar-refractivity contribution < 1.29 is 22.3 Å². The molecule has 0 unspecified atom stereocenters. The lowest BCUT2D eigenvalue weighted by atomic mass is 9.99. The molecule has 0 aromatic heterocycles.